The first-order valence-electron chi connectivity index (χ1n) is 6.15. The van der Waals surface area contributed by atoms with Gasteiger partial charge < -0.3 is 0 Å². The van der Waals surface area contributed by atoms with E-state index in [0.717, 1.165) is 17.2 Å². The van der Waals surface area contributed by atoms with Crippen LogP contribution in [0.3, 0.4) is 0 Å². The smallest absolute Gasteiger partial charge is 0.279 e. The second-order valence-electron chi connectivity index (χ2n) is 4.65. The van der Waals surface area contributed by atoms with Crippen LogP contribution >= 0.6 is 0 Å². The Labute approximate surface area is 122 Å². The molecule has 0 aliphatic rings. The van der Waals surface area contributed by atoms with Crippen LogP contribution < -0.4 is 4.72 Å². The van der Waals surface area contributed by atoms with Crippen LogP contribution in [0, 0.1) is 24.0 Å². The van der Waals surface area contributed by atoms with E-state index in [1.165, 1.54) is 18.2 Å². The molecule has 0 spiro atoms. The number of nitro benzene ring substituents is 1. The van der Waals surface area contributed by atoms with Crippen molar-refractivity contribution in [1.29, 1.82) is 0 Å². The molecule has 0 aliphatic heterocycles. The van der Waals surface area contributed by atoms with E-state index in [4.69, 9.17) is 0 Å². The van der Waals surface area contributed by atoms with E-state index in [-0.39, 0.29) is 4.90 Å². The van der Waals surface area contributed by atoms with Gasteiger partial charge in [-0.1, -0.05) is 24.3 Å². The lowest BCUT2D eigenvalue weighted by atomic mass is 10.1. The summed E-state index contributed by atoms with van der Waals surface area (Å²) >= 11 is 0. The van der Waals surface area contributed by atoms with Gasteiger partial charge in [0.2, 0.25) is 0 Å². The van der Waals surface area contributed by atoms with Crippen LogP contribution in [0.15, 0.2) is 47.4 Å². The van der Waals surface area contributed by atoms with Crippen LogP contribution in [0.1, 0.15) is 11.1 Å². The third kappa shape index (κ3) is 3.19. The molecule has 0 atom stereocenters. The fourth-order valence-electron chi connectivity index (χ4n) is 1.88. The molecule has 2 aromatic carbocycles. The summed E-state index contributed by atoms with van der Waals surface area (Å²) in [6.45, 7) is 3.60. The van der Waals surface area contributed by atoms with Crippen molar-refractivity contribution in [2.45, 2.75) is 18.7 Å². The molecule has 0 unspecified atom stereocenters. The lowest BCUT2D eigenvalue weighted by Gasteiger charge is -2.11. The molecule has 6 nitrogen and oxygen atoms in total. The highest BCUT2D eigenvalue weighted by atomic mass is 32.2. The molecule has 21 heavy (non-hydrogen) atoms. The average Bonchev–Trinajstić information content (AvgIpc) is 2.42. The van der Waals surface area contributed by atoms with Gasteiger partial charge in [0.25, 0.3) is 15.7 Å². The lowest BCUT2D eigenvalue weighted by molar-refractivity contribution is -0.387. The Morgan fingerprint density at radius 3 is 2.43 bits per heavy atom. The molecule has 0 fully saturated rings. The predicted octanol–water partition coefficient (Wildman–Crippen LogP) is 3.01. The molecule has 0 radical (unpaired) electrons. The zero-order chi connectivity index (χ0) is 15.6. The Morgan fingerprint density at radius 1 is 1.10 bits per heavy atom. The van der Waals surface area contributed by atoms with Crippen LogP contribution in [0.4, 0.5) is 11.4 Å². The molecule has 0 aliphatic carbocycles. The highest BCUT2D eigenvalue weighted by Gasteiger charge is 2.25. The molecule has 0 amide bonds. The van der Waals surface area contributed by atoms with Crippen molar-refractivity contribution in [2.24, 2.45) is 0 Å². The summed E-state index contributed by atoms with van der Waals surface area (Å²) in [6, 6.07) is 10.6. The third-order valence-corrected chi connectivity index (χ3v) is 4.40. The zero-order valence-electron chi connectivity index (χ0n) is 11.5. The molecule has 110 valence electrons. The number of anilines is 1. The van der Waals surface area contributed by atoms with Crippen LogP contribution in [-0.2, 0) is 10.0 Å². The summed E-state index contributed by atoms with van der Waals surface area (Å²) < 4.78 is 27.2. The van der Waals surface area contributed by atoms with Gasteiger partial charge in [-0.15, -0.1) is 0 Å². The van der Waals surface area contributed by atoms with Gasteiger partial charge in [0.1, 0.15) is 0 Å². The number of benzene rings is 2. The second-order valence-corrected chi connectivity index (χ2v) is 6.30. The first-order valence-corrected chi connectivity index (χ1v) is 7.63. The monoisotopic (exact) mass is 306 g/mol. The first-order chi connectivity index (χ1) is 9.81. The van der Waals surface area contributed by atoms with Crippen molar-refractivity contribution in [2.75, 3.05) is 4.72 Å². The molecular weight excluding hydrogens is 292 g/mol. The normalized spacial score (nSPS) is 11.1. The Morgan fingerprint density at radius 2 is 1.76 bits per heavy atom. The number of nitro groups is 1. The molecule has 0 heterocycles. The van der Waals surface area contributed by atoms with E-state index in [9.17, 15) is 18.5 Å². The predicted molar refractivity (Wildman–Crippen MR) is 79.8 cm³/mol. The SMILES string of the molecule is Cc1ccc(C)c(NS(=O)(=O)c2ccccc2[N+](=O)[O-])c1. The maximum Gasteiger partial charge on any atom is 0.289 e. The van der Waals surface area contributed by atoms with E-state index in [1.54, 1.807) is 19.1 Å². The summed E-state index contributed by atoms with van der Waals surface area (Å²) in [5, 5.41) is 11.0. The van der Waals surface area contributed by atoms with Crippen LogP contribution in [0.5, 0.6) is 0 Å². The number of hydrogen-bond donors (Lipinski definition) is 1. The van der Waals surface area contributed by atoms with Gasteiger partial charge in [-0.2, -0.15) is 0 Å². The molecule has 0 bridgehead atoms. The quantitative estimate of drug-likeness (QED) is 0.694. The van der Waals surface area contributed by atoms with Gasteiger partial charge in [-0.25, -0.2) is 8.42 Å². The minimum Gasteiger partial charge on any atom is -0.279 e. The number of para-hydroxylation sites is 1. The number of aryl methyl sites for hydroxylation is 2. The molecule has 2 rings (SSSR count). The van der Waals surface area contributed by atoms with Gasteiger partial charge in [-0.05, 0) is 37.1 Å². The van der Waals surface area contributed by atoms with Crippen molar-refractivity contribution in [1.82, 2.24) is 0 Å². The maximum absolute atomic E-state index is 12.4. The van der Waals surface area contributed by atoms with Gasteiger partial charge in [-0.3, -0.25) is 14.8 Å². The topological polar surface area (TPSA) is 89.3 Å². The molecule has 0 saturated heterocycles. The molecule has 1 N–H and O–H groups in total. The van der Waals surface area contributed by atoms with Crippen LogP contribution in [0.2, 0.25) is 0 Å². The first kappa shape index (κ1) is 15.0. The Balaban J connectivity index is 2.49. The third-order valence-electron chi connectivity index (χ3n) is 2.99. The highest BCUT2D eigenvalue weighted by Crippen LogP contribution is 2.26. The summed E-state index contributed by atoms with van der Waals surface area (Å²) in [4.78, 5) is 9.89. The summed E-state index contributed by atoms with van der Waals surface area (Å²) in [7, 11) is -4.02. The van der Waals surface area contributed by atoms with E-state index in [1.807, 2.05) is 13.0 Å². The second kappa shape index (κ2) is 5.53. The summed E-state index contributed by atoms with van der Waals surface area (Å²) in [6.07, 6.45) is 0. The number of nitrogens with zero attached hydrogens (tertiary/aromatic N) is 1. The van der Waals surface area contributed by atoms with E-state index < -0.39 is 20.6 Å². The van der Waals surface area contributed by atoms with Crippen molar-refractivity contribution < 1.29 is 13.3 Å². The van der Waals surface area contributed by atoms with E-state index >= 15 is 0 Å². The van der Waals surface area contributed by atoms with Crippen molar-refractivity contribution in [3.05, 3.63) is 63.7 Å². The average molecular weight is 306 g/mol. The molecule has 0 aromatic heterocycles. The fraction of sp³-hybridized carbons (Fsp3) is 0.143. The lowest BCUT2D eigenvalue weighted by Crippen LogP contribution is -2.15. The number of sulfonamides is 1. The molecule has 7 heteroatoms. The maximum atomic E-state index is 12.4. The van der Waals surface area contributed by atoms with E-state index in [2.05, 4.69) is 4.72 Å². The van der Waals surface area contributed by atoms with Crippen LogP contribution in [0.25, 0.3) is 0 Å². The Hall–Kier alpha value is -2.41. The molecule has 2 aromatic rings. The van der Waals surface area contributed by atoms with E-state index in [0.29, 0.717) is 5.69 Å². The number of rotatable bonds is 4. The van der Waals surface area contributed by atoms with Crippen molar-refractivity contribution >= 4 is 21.4 Å². The largest absolute Gasteiger partial charge is 0.289 e. The van der Waals surface area contributed by atoms with Gasteiger partial charge in [0.15, 0.2) is 4.90 Å². The number of hydrogen-bond acceptors (Lipinski definition) is 4. The Kier molecular flexibility index (Phi) is 3.95. The van der Waals surface area contributed by atoms with Gasteiger partial charge >= 0.3 is 0 Å². The van der Waals surface area contributed by atoms with Gasteiger partial charge in [0, 0.05) is 6.07 Å². The van der Waals surface area contributed by atoms with Gasteiger partial charge in [0.05, 0.1) is 10.6 Å². The zero-order valence-corrected chi connectivity index (χ0v) is 12.3. The summed E-state index contributed by atoms with van der Waals surface area (Å²) in [5.74, 6) is 0. The summed E-state index contributed by atoms with van der Waals surface area (Å²) in [5.41, 5.74) is 1.59. The fourth-order valence-corrected chi connectivity index (χ4v) is 3.18. The van der Waals surface area contributed by atoms with Crippen molar-refractivity contribution in [3.63, 3.8) is 0 Å². The molecule has 0 saturated carbocycles. The number of nitrogens with one attached hydrogen (secondary N) is 1. The standard InChI is InChI=1S/C14H14N2O4S/c1-10-7-8-11(2)12(9-10)15-21(19,20)14-6-4-3-5-13(14)16(17)18/h3-9,15H,1-2H3. The van der Waals surface area contributed by atoms with Crippen molar-refractivity contribution in [3.8, 4) is 0 Å². The Bertz CT molecular complexity index is 800. The highest BCUT2D eigenvalue weighted by molar-refractivity contribution is 7.92. The van der Waals surface area contributed by atoms with Crippen LogP contribution in [-0.4, -0.2) is 13.3 Å². The minimum absolute atomic E-state index is 0.351. The minimum atomic E-state index is -4.02. The molecular formula is C14H14N2O4S.